The zero-order valence-electron chi connectivity index (χ0n) is 20.1. The molecule has 0 amide bonds. The molecule has 0 saturated carbocycles. The van der Waals surface area contributed by atoms with E-state index in [1.165, 1.54) is 5.69 Å². The van der Waals surface area contributed by atoms with Crippen molar-refractivity contribution >= 4 is 11.6 Å². The van der Waals surface area contributed by atoms with Gasteiger partial charge in [-0.25, -0.2) is 0 Å². The van der Waals surface area contributed by atoms with Crippen LogP contribution in [0.2, 0.25) is 0 Å². The van der Waals surface area contributed by atoms with Gasteiger partial charge in [-0.2, -0.15) is 0 Å². The second-order valence-electron chi connectivity index (χ2n) is 9.17. The van der Waals surface area contributed by atoms with Gasteiger partial charge in [-0.1, -0.05) is 18.2 Å². The number of morpholine rings is 1. The molecule has 8 heteroatoms. The molecule has 3 N–H and O–H groups in total. The Balaban J connectivity index is 1.44. The van der Waals surface area contributed by atoms with Gasteiger partial charge in [-0.3, -0.25) is 14.8 Å². The molecule has 2 aliphatic heterocycles. The van der Waals surface area contributed by atoms with Gasteiger partial charge < -0.3 is 25.4 Å². The van der Waals surface area contributed by atoms with Gasteiger partial charge in [-0.05, 0) is 32.9 Å². The molecule has 2 fully saturated rings. The normalized spacial score (nSPS) is 21.8. The van der Waals surface area contributed by atoms with Crippen molar-refractivity contribution in [1.82, 2.24) is 20.4 Å². The van der Waals surface area contributed by atoms with E-state index in [2.05, 4.69) is 74.5 Å². The van der Waals surface area contributed by atoms with Gasteiger partial charge in [0.15, 0.2) is 5.96 Å². The van der Waals surface area contributed by atoms with Crippen LogP contribution in [0.25, 0.3) is 0 Å². The topological polar surface area (TPSA) is 75.6 Å². The summed E-state index contributed by atoms with van der Waals surface area (Å²) in [7, 11) is 0. The van der Waals surface area contributed by atoms with Gasteiger partial charge in [0, 0.05) is 70.6 Å². The SMILES string of the molecule is CCNC(=NCC(C)(O)CN1CCOCC1)NCC(C)N1CCN(c2ccccc2)CC1. The zero-order valence-corrected chi connectivity index (χ0v) is 20.1. The number of hydrogen-bond acceptors (Lipinski definition) is 6. The average Bonchev–Trinajstić information content (AvgIpc) is 2.82. The molecule has 2 atom stereocenters. The Hall–Kier alpha value is -1.87. The van der Waals surface area contributed by atoms with Crippen LogP contribution < -0.4 is 15.5 Å². The van der Waals surface area contributed by atoms with E-state index >= 15 is 0 Å². The lowest BCUT2D eigenvalue weighted by Gasteiger charge is -2.39. The van der Waals surface area contributed by atoms with Crippen molar-refractivity contribution in [3.63, 3.8) is 0 Å². The van der Waals surface area contributed by atoms with Gasteiger partial charge in [0.05, 0.1) is 25.4 Å². The third-order valence-electron chi connectivity index (χ3n) is 6.21. The van der Waals surface area contributed by atoms with E-state index in [-0.39, 0.29) is 0 Å². The van der Waals surface area contributed by atoms with E-state index in [0.29, 0.717) is 19.1 Å². The minimum absolute atomic E-state index is 0.365. The number of nitrogens with one attached hydrogen (secondary N) is 2. The Bertz CT molecular complexity index is 685. The van der Waals surface area contributed by atoms with Crippen LogP contribution in [-0.4, -0.2) is 111 Å². The Labute approximate surface area is 193 Å². The van der Waals surface area contributed by atoms with Crippen LogP contribution in [0.3, 0.4) is 0 Å². The van der Waals surface area contributed by atoms with Crippen molar-refractivity contribution in [1.29, 1.82) is 0 Å². The highest BCUT2D eigenvalue weighted by molar-refractivity contribution is 5.79. The van der Waals surface area contributed by atoms with Crippen LogP contribution in [0.1, 0.15) is 20.8 Å². The molecule has 180 valence electrons. The van der Waals surface area contributed by atoms with Crippen molar-refractivity contribution in [2.75, 3.05) is 83.6 Å². The first-order valence-corrected chi connectivity index (χ1v) is 12.1. The smallest absolute Gasteiger partial charge is 0.191 e. The minimum Gasteiger partial charge on any atom is -0.387 e. The second-order valence-corrected chi connectivity index (χ2v) is 9.17. The summed E-state index contributed by atoms with van der Waals surface area (Å²) >= 11 is 0. The van der Waals surface area contributed by atoms with Crippen molar-refractivity contribution in [2.45, 2.75) is 32.4 Å². The van der Waals surface area contributed by atoms with E-state index in [0.717, 1.165) is 71.5 Å². The first-order valence-electron chi connectivity index (χ1n) is 12.1. The zero-order chi connectivity index (χ0) is 22.8. The number of nitrogens with zero attached hydrogens (tertiary/aromatic N) is 4. The maximum absolute atomic E-state index is 10.8. The molecule has 32 heavy (non-hydrogen) atoms. The quantitative estimate of drug-likeness (QED) is 0.383. The summed E-state index contributed by atoms with van der Waals surface area (Å²) in [6, 6.07) is 11.1. The molecule has 2 unspecified atom stereocenters. The lowest BCUT2D eigenvalue weighted by atomic mass is 10.1. The molecular weight excluding hydrogens is 404 g/mol. The van der Waals surface area contributed by atoms with Crippen LogP contribution in [0.4, 0.5) is 5.69 Å². The summed E-state index contributed by atoms with van der Waals surface area (Å²) in [6.07, 6.45) is 0. The van der Waals surface area contributed by atoms with E-state index in [4.69, 9.17) is 4.74 Å². The summed E-state index contributed by atoms with van der Waals surface area (Å²) in [6.45, 7) is 16.2. The highest BCUT2D eigenvalue weighted by Gasteiger charge is 2.25. The van der Waals surface area contributed by atoms with E-state index in [1.807, 2.05) is 6.92 Å². The largest absolute Gasteiger partial charge is 0.387 e. The molecule has 3 rings (SSSR count). The number of aliphatic imine (C=N–C) groups is 1. The van der Waals surface area contributed by atoms with Gasteiger partial charge >= 0.3 is 0 Å². The molecule has 2 aliphatic rings. The van der Waals surface area contributed by atoms with Gasteiger partial charge in [-0.15, -0.1) is 0 Å². The minimum atomic E-state index is -0.862. The molecule has 8 nitrogen and oxygen atoms in total. The highest BCUT2D eigenvalue weighted by Crippen LogP contribution is 2.16. The average molecular weight is 447 g/mol. The van der Waals surface area contributed by atoms with Crippen molar-refractivity contribution in [2.24, 2.45) is 4.99 Å². The highest BCUT2D eigenvalue weighted by atomic mass is 16.5. The second kappa shape index (κ2) is 12.4. The molecule has 0 aromatic heterocycles. The molecular formula is C24H42N6O2. The van der Waals surface area contributed by atoms with Crippen molar-refractivity contribution in [3.8, 4) is 0 Å². The Kier molecular flexibility index (Phi) is 9.59. The number of guanidine groups is 1. The fourth-order valence-electron chi connectivity index (χ4n) is 4.32. The van der Waals surface area contributed by atoms with Crippen LogP contribution in [0.15, 0.2) is 35.3 Å². The van der Waals surface area contributed by atoms with Crippen molar-refractivity contribution in [3.05, 3.63) is 30.3 Å². The maximum atomic E-state index is 10.8. The number of piperazine rings is 1. The first-order chi connectivity index (χ1) is 15.5. The summed E-state index contributed by atoms with van der Waals surface area (Å²) in [5, 5.41) is 17.6. The van der Waals surface area contributed by atoms with Gasteiger partial charge in [0.1, 0.15) is 0 Å². The number of β-amino-alcohol motifs (C(OH)–C–C–N with tert-alkyl or cyclic N) is 1. The molecule has 0 spiro atoms. The van der Waals surface area contributed by atoms with E-state index < -0.39 is 5.60 Å². The Morgan fingerprint density at radius 1 is 1.09 bits per heavy atom. The summed E-state index contributed by atoms with van der Waals surface area (Å²) in [5.41, 5.74) is 0.447. The standard InChI is InChI=1S/C24H42N6O2/c1-4-25-23(27-19-24(3,31)20-28-14-16-32-17-15-28)26-18-21(2)29-10-12-30(13-11-29)22-8-6-5-7-9-22/h5-9,21,31H,4,10-20H2,1-3H3,(H2,25,26,27). The lowest BCUT2D eigenvalue weighted by Crippen LogP contribution is -2.53. The van der Waals surface area contributed by atoms with E-state index in [1.54, 1.807) is 0 Å². The van der Waals surface area contributed by atoms with E-state index in [9.17, 15) is 5.11 Å². The van der Waals surface area contributed by atoms with Crippen LogP contribution >= 0.6 is 0 Å². The third-order valence-corrected chi connectivity index (χ3v) is 6.21. The summed E-state index contributed by atoms with van der Waals surface area (Å²) in [4.78, 5) is 11.9. The molecule has 0 radical (unpaired) electrons. The van der Waals surface area contributed by atoms with Crippen molar-refractivity contribution < 1.29 is 9.84 Å². The monoisotopic (exact) mass is 446 g/mol. The predicted octanol–water partition coefficient (Wildman–Crippen LogP) is 0.835. The fraction of sp³-hybridized carbons (Fsp3) is 0.708. The summed E-state index contributed by atoms with van der Waals surface area (Å²) in [5.74, 6) is 0.768. The number of anilines is 1. The van der Waals surface area contributed by atoms with Crippen LogP contribution in [0.5, 0.6) is 0 Å². The number of para-hydroxylation sites is 1. The molecule has 0 bridgehead atoms. The fourth-order valence-corrected chi connectivity index (χ4v) is 4.32. The van der Waals surface area contributed by atoms with Gasteiger partial charge in [0.2, 0.25) is 0 Å². The molecule has 1 aromatic carbocycles. The number of hydrogen-bond donors (Lipinski definition) is 3. The molecule has 2 heterocycles. The molecule has 0 aliphatic carbocycles. The Morgan fingerprint density at radius 2 is 1.78 bits per heavy atom. The lowest BCUT2D eigenvalue weighted by molar-refractivity contribution is -0.0180. The predicted molar refractivity (Wildman–Crippen MR) is 132 cm³/mol. The number of ether oxygens (including phenoxy) is 1. The number of rotatable bonds is 9. The van der Waals surface area contributed by atoms with Gasteiger partial charge in [0.25, 0.3) is 0 Å². The van der Waals surface area contributed by atoms with Crippen LogP contribution in [-0.2, 0) is 4.74 Å². The summed E-state index contributed by atoms with van der Waals surface area (Å²) < 4.78 is 5.40. The first kappa shape index (κ1) is 24.8. The number of benzene rings is 1. The molecule has 2 saturated heterocycles. The molecule has 1 aromatic rings. The number of aliphatic hydroxyl groups is 1. The Morgan fingerprint density at radius 3 is 2.44 bits per heavy atom. The third kappa shape index (κ3) is 7.92. The van der Waals surface area contributed by atoms with Crippen LogP contribution in [0, 0.1) is 0 Å². The maximum Gasteiger partial charge on any atom is 0.191 e.